The Bertz CT molecular complexity index is 894. The number of nitrogen functional groups attached to an aromatic ring is 1. The molecule has 2 unspecified atom stereocenters. The van der Waals surface area contributed by atoms with E-state index in [4.69, 9.17) is 10.7 Å². The maximum atomic E-state index is 5.72. The number of hydrogen-bond donors (Lipinski definition) is 2. The quantitative estimate of drug-likeness (QED) is 0.744. The van der Waals surface area contributed by atoms with Gasteiger partial charge in [0.2, 0.25) is 0 Å². The first-order valence-corrected chi connectivity index (χ1v) is 9.27. The summed E-state index contributed by atoms with van der Waals surface area (Å²) in [5.41, 5.74) is 6.67. The van der Waals surface area contributed by atoms with Crippen LogP contribution >= 0.6 is 11.3 Å². The molecule has 2 atom stereocenters. The summed E-state index contributed by atoms with van der Waals surface area (Å²) in [6.07, 6.45) is 4.41. The number of nitrogens with two attached hydrogens (primary N) is 1. The molecular formula is C17H21N7S. The van der Waals surface area contributed by atoms with Gasteiger partial charge in [-0.1, -0.05) is 25.2 Å². The lowest BCUT2D eigenvalue weighted by Crippen LogP contribution is -2.38. The molecule has 0 saturated carbocycles. The highest BCUT2D eigenvalue weighted by Gasteiger charge is 2.25. The number of thiazole rings is 1. The second-order valence-electron chi connectivity index (χ2n) is 6.65. The highest BCUT2D eigenvalue weighted by molar-refractivity contribution is 7.22. The fourth-order valence-electron chi connectivity index (χ4n) is 3.07. The SMILES string of the molecule is CC1CCN(c2nc3ccnc(Nc4cc(N)ncn4)c3s2)CC1C. The molecule has 3 N–H and O–H groups in total. The lowest BCUT2D eigenvalue weighted by molar-refractivity contribution is 0.324. The highest BCUT2D eigenvalue weighted by Crippen LogP contribution is 2.36. The molecule has 0 aromatic carbocycles. The van der Waals surface area contributed by atoms with Crippen molar-refractivity contribution in [1.82, 2.24) is 19.9 Å². The number of anilines is 4. The molecular weight excluding hydrogens is 334 g/mol. The molecule has 3 aromatic heterocycles. The molecule has 3 aromatic rings. The Labute approximate surface area is 150 Å². The Morgan fingerprint density at radius 1 is 1.24 bits per heavy atom. The lowest BCUT2D eigenvalue weighted by Gasteiger charge is -2.35. The zero-order chi connectivity index (χ0) is 17.4. The number of piperidine rings is 1. The van der Waals surface area contributed by atoms with Gasteiger partial charge in [-0.3, -0.25) is 0 Å². The monoisotopic (exact) mass is 355 g/mol. The van der Waals surface area contributed by atoms with Crippen LogP contribution in [-0.4, -0.2) is 33.0 Å². The van der Waals surface area contributed by atoms with Crippen molar-refractivity contribution in [2.24, 2.45) is 11.8 Å². The highest BCUT2D eigenvalue weighted by atomic mass is 32.1. The first-order chi connectivity index (χ1) is 12.1. The molecule has 0 aliphatic carbocycles. The van der Waals surface area contributed by atoms with Gasteiger partial charge in [0.15, 0.2) is 10.9 Å². The number of fused-ring (bicyclic) bond motifs is 1. The van der Waals surface area contributed by atoms with Crippen LogP contribution in [-0.2, 0) is 0 Å². The number of hydrogen-bond acceptors (Lipinski definition) is 8. The summed E-state index contributed by atoms with van der Waals surface area (Å²) in [6.45, 7) is 6.77. The lowest BCUT2D eigenvalue weighted by atomic mass is 9.89. The molecule has 4 rings (SSSR count). The van der Waals surface area contributed by atoms with Gasteiger partial charge in [0, 0.05) is 25.4 Å². The van der Waals surface area contributed by atoms with Gasteiger partial charge >= 0.3 is 0 Å². The van der Waals surface area contributed by atoms with Crippen LogP contribution in [0.2, 0.25) is 0 Å². The van der Waals surface area contributed by atoms with Gasteiger partial charge < -0.3 is 16.0 Å². The van der Waals surface area contributed by atoms with E-state index >= 15 is 0 Å². The van der Waals surface area contributed by atoms with E-state index in [1.807, 2.05) is 6.07 Å². The van der Waals surface area contributed by atoms with Crippen LogP contribution in [0, 0.1) is 11.8 Å². The van der Waals surface area contributed by atoms with Gasteiger partial charge in [-0.15, -0.1) is 0 Å². The summed E-state index contributed by atoms with van der Waals surface area (Å²) >= 11 is 1.67. The number of nitrogens with zero attached hydrogens (tertiary/aromatic N) is 5. The van der Waals surface area contributed by atoms with Crippen molar-refractivity contribution in [3.05, 3.63) is 24.7 Å². The smallest absolute Gasteiger partial charge is 0.186 e. The van der Waals surface area contributed by atoms with Gasteiger partial charge in [0.1, 0.15) is 18.0 Å². The van der Waals surface area contributed by atoms with Crippen LogP contribution in [0.15, 0.2) is 24.7 Å². The molecule has 8 heteroatoms. The van der Waals surface area contributed by atoms with Gasteiger partial charge in [-0.25, -0.2) is 19.9 Å². The Morgan fingerprint density at radius 3 is 2.92 bits per heavy atom. The van der Waals surface area contributed by atoms with Crippen molar-refractivity contribution in [2.45, 2.75) is 20.3 Å². The Hall–Kier alpha value is -2.48. The molecule has 1 saturated heterocycles. The molecule has 25 heavy (non-hydrogen) atoms. The third kappa shape index (κ3) is 3.21. The molecule has 130 valence electrons. The molecule has 7 nitrogen and oxygen atoms in total. The normalized spacial score (nSPS) is 20.8. The fraction of sp³-hybridized carbons (Fsp3) is 0.412. The van der Waals surface area contributed by atoms with E-state index in [0.717, 1.165) is 40.2 Å². The number of nitrogens with one attached hydrogen (secondary N) is 1. The van der Waals surface area contributed by atoms with Crippen molar-refractivity contribution in [3.8, 4) is 0 Å². The summed E-state index contributed by atoms with van der Waals surface area (Å²) in [6, 6.07) is 3.64. The third-order valence-electron chi connectivity index (χ3n) is 4.83. The molecule has 1 aliphatic rings. The van der Waals surface area contributed by atoms with Gasteiger partial charge in [-0.05, 0) is 24.3 Å². The van der Waals surface area contributed by atoms with Crippen LogP contribution in [0.3, 0.4) is 0 Å². The number of rotatable bonds is 3. The third-order valence-corrected chi connectivity index (χ3v) is 5.97. The standard InChI is InChI=1S/C17H21N7S/c1-10-4-6-24(8-11(10)2)17-22-12-3-5-19-16(15(12)25-17)23-14-7-13(18)20-9-21-14/h3,5,7,9-11H,4,6,8H2,1-2H3,(H3,18,19,20,21,23). The average Bonchev–Trinajstić information content (AvgIpc) is 3.03. The van der Waals surface area contributed by atoms with Crippen LogP contribution in [0.4, 0.5) is 22.6 Å². The van der Waals surface area contributed by atoms with Crippen molar-refractivity contribution in [3.63, 3.8) is 0 Å². The molecule has 4 heterocycles. The average molecular weight is 355 g/mol. The summed E-state index contributed by atoms with van der Waals surface area (Å²) in [5, 5.41) is 4.29. The van der Waals surface area contributed by atoms with E-state index in [1.54, 1.807) is 23.6 Å². The molecule has 1 aliphatic heterocycles. The fourth-order valence-corrected chi connectivity index (χ4v) is 4.11. The van der Waals surface area contributed by atoms with E-state index in [-0.39, 0.29) is 0 Å². The number of pyridine rings is 1. The minimum absolute atomic E-state index is 0.422. The largest absolute Gasteiger partial charge is 0.384 e. The zero-order valence-electron chi connectivity index (χ0n) is 14.3. The van der Waals surface area contributed by atoms with Crippen molar-refractivity contribution < 1.29 is 0 Å². The first-order valence-electron chi connectivity index (χ1n) is 8.45. The summed E-state index contributed by atoms with van der Waals surface area (Å²) in [7, 11) is 0. The predicted octanol–water partition coefficient (Wildman–Crippen LogP) is 3.29. The van der Waals surface area contributed by atoms with Gasteiger partial charge in [0.25, 0.3) is 0 Å². The maximum Gasteiger partial charge on any atom is 0.186 e. The van der Waals surface area contributed by atoms with Crippen molar-refractivity contribution in [2.75, 3.05) is 29.0 Å². The van der Waals surface area contributed by atoms with Crippen molar-refractivity contribution in [1.29, 1.82) is 0 Å². The van der Waals surface area contributed by atoms with E-state index < -0.39 is 0 Å². The maximum absolute atomic E-state index is 5.72. The van der Waals surface area contributed by atoms with Crippen LogP contribution in [0.25, 0.3) is 10.2 Å². The minimum Gasteiger partial charge on any atom is -0.384 e. The van der Waals surface area contributed by atoms with E-state index in [1.165, 1.54) is 12.7 Å². The Morgan fingerprint density at radius 2 is 2.12 bits per heavy atom. The molecule has 1 fully saturated rings. The second kappa shape index (κ2) is 6.44. The predicted molar refractivity (Wildman–Crippen MR) is 102 cm³/mol. The molecule has 0 bridgehead atoms. The molecule has 0 radical (unpaired) electrons. The Kier molecular flexibility index (Phi) is 4.12. The number of aromatic nitrogens is 4. The van der Waals surface area contributed by atoms with E-state index in [2.05, 4.69) is 39.0 Å². The van der Waals surface area contributed by atoms with Gasteiger partial charge in [0.05, 0.1) is 10.2 Å². The minimum atomic E-state index is 0.422. The molecule has 0 amide bonds. The topological polar surface area (TPSA) is 92.9 Å². The van der Waals surface area contributed by atoms with Crippen LogP contribution in [0.5, 0.6) is 0 Å². The van der Waals surface area contributed by atoms with Crippen LogP contribution < -0.4 is 16.0 Å². The zero-order valence-corrected chi connectivity index (χ0v) is 15.1. The van der Waals surface area contributed by atoms with Gasteiger partial charge in [-0.2, -0.15) is 0 Å². The van der Waals surface area contributed by atoms with Crippen molar-refractivity contribution >= 4 is 44.1 Å². The summed E-state index contributed by atoms with van der Waals surface area (Å²) < 4.78 is 1.03. The van der Waals surface area contributed by atoms with E-state index in [9.17, 15) is 0 Å². The summed E-state index contributed by atoms with van der Waals surface area (Å²) in [5.74, 6) is 3.25. The first kappa shape index (κ1) is 16.0. The second-order valence-corrected chi connectivity index (χ2v) is 7.62. The Balaban J connectivity index is 1.65. The van der Waals surface area contributed by atoms with E-state index in [0.29, 0.717) is 17.6 Å². The summed E-state index contributed by atoms with van der Waals surface area (Å²) in [4.78, 5) is 19.8. The van der Waals surface area contributed by atoms with Crippen LogP contribution in [0.1, 0.15) is 20.3 Å². The molecule has 0 spiro atoms.